The molecule has 0 saturated carbocycles. The molecule has 39 heavy (non-hydrogen) atoms. The van der Waals surface area contributed by atoms with Crippen LogP contribution in [0.5, 0.6) is 11.5 Å². The Morgan fingerprint density at radius 1 is 0.974 bits per heavy atom. The van der Waals surface area contributed by atoms with Crippen LogP contribution < -0.4 is 14.4 Å². The maximum Gasteiger partial charge on any atom is 0.332 e. The van der Waals surface area contributed by atoms with Crippen LogP contribution in [0.25, 0.3) is 10.9 Å². The number of imide groups is 1. The third-order valence-electron chi connectivity index (χ3n) is 7.92. The highest BCUT2D eigenvalue weighted by Crippen LogP contribution is 2.51. The summed E-state index contributed by atoms with van der Waals surface area (Å²) in [5.41, 5.74) is 4.17. The van der Waals surface area contributed by atoms with Crippen molar-refractivity contribution >= 4 is 28.5 Å². The lowest BCUT2D eigenvalue weighted by atomic mass is 9.78. The fourth-order valence-electron chi connectivity index (χ4n) is 6.03. The van der Waals surface area contributed by atoms with E-state index in [4.69, 9.17) is 9.47 Å². The van der Waals surface area contributed by atoms with E-state index in [1.54, 1.807) is 4.90 Å². The molecule has 3 amide bonds. The van der Waals surface area contributed by atoms with Crippen LogP contribution in [0.15, 0.2) is 66.7 Å². The molecule has 1 saturated heterocycles. The average molecular weight is 524 g/mol. The van der Waals surface area contributed by atoms with Gasteiger partial charge < -0.3 is 19.4 Å². The second-order valence-corrected chi connectivity index (χ2v) is 10.4. The zero-order valence-electron chi connectivity index (χ0n) is 22.8. The molecule has 1 aromatic heterocycles. The van der Waals surface area contributed by atoms with Crippen molar-refractivity contribution < 1.29 is 19.1 Å². The number of aromatic nitrogens is 1. The van der Waals surface area contributed by atoms with Gasteiger partial charge in [0.15, 0.2) is 17.0 Å². The number of H-pyrrole nitrogens is 1. The van der Waals surface area contributed by atoms with Crippen LogP contribution in [0.2, 0.25) is 0 Å². The van der Waals surface area contributed by atoms with Crippen LogP contribution in [0.1, 0.15) is 55.5 Å². The highest BCUT2D eigenvalue weighted by atomic mass is 16.5. The van der Waals surface area contributed by atoms with E-state index in [9.17, 15) is 9.59 Å². The van der Waals surface area contributed by atoms with E-state index in [1.807, 2.05) is 81.4 Å². The normalized spacial score (nSPS) is 20.4. The van der Waals surface area contributed by atoms with Crippen LogP contribution in [0.3, 0.4) is 0 Å². The maximum absolute atomic E-state index is 14.2. The van der Waals surface area contributed by atoms with Crippen molar-refractivity contribution in [2.24, 2.45) is 0 Å². The first-order chi connectivity index (χ1) is 18.9. The van der Waals surface area contributed by atoms with Gasteiger partial charge in [-0.3, -0.25) is 4.79 Å². The Morgan fingerprint density at radius 3 is 2.56 bits per heavy atom. The molecule has 3 heterocycles. The first kappa shape index (κ1) is 25.0. The summed E-state index contributed by atoms with van der Waals surface area (Å²) < 4.78 is 11.9. The maximum atomic E-state index is 14.2. The Hall–Kier alpha value is -4.26. The molecule has 7 nitrogen and oxygen atoms in total. The third-order valence-corrected chi connectivity index (χ3v) is 7.92. The molecule has 200 valence electrons. The zero-order chi connectivity index (χ0) is 27.3. The number of hydrogen-bond donors (Lipinski definition) is 1. The summed E-state index contributed by atoms with van der Waals surface area (Å²) in [4.78, 5) is 34.7. The lowest BCUT2D eigenvalue weighted by molar-refractivity contribution is -0.125. The van der Waals surface area contributed by atoms with Gasteiger partial charge in [0.25, 0.3) is 5.91 Å². The minimum atomic E-state index is -1.15. The molecule has 0 bridgehead atoms. The molecule has 2 atom stereocenters. The predicted molar refractivity (Wildman–Crippen MR) is 152 cm³/mol. The number of urea groups is 1. The number of carbonyl (C=O) groups is 2. The van der Waals surface area contributed by atoms with Crippen LogP contribution in [0, 0.1) is 6.92 Å². The van der Waals surface area contributed by atoms with Crippen LogP contribution in [-0.2, 0) is 10.3 Å². The van der Waals surface area contributed by atoms with Gasteiger partial charge in [-0.05, 0) is 74.2 Å². The van der Waals surface area contributed by atoms with Crippen molar-refractivity contribution in [3.05, 3.63) is 89.1 Å². The van der Waals surface area contributed by atoms with Crippen LogP contribution >= 0.6 is 0 Å². The fourth-order valence-corrected chi connectivity index (χ4v) is 6.03. The van der Waals surface area contributed by atoms with Gasteiger partial charge in [0.2, 0.25) is 0 Å². The first-order valence-corrected chi connectivity index (χ1v) is 13.6. The number of para-hydroxylation sites is 1. The van der Waals surface area contributed by atoms with E-state index in [0.717, 1.165) is 39.7 Å². The van der Waals surface area contributed by atoms with Gasteiger partial charge in [-0.2, -0.15) is 0 Å². The Labute approximate surface area is 228 Å². The van der Waals surface area contributed by atoms with Gasteiger partial charge in [-0.1, -0.05) is 43.3 Å². The van der Waals surface area contributed by atoms with Crippen LogP contribution in [0.4, 0.5) is 10.5 Å². The number of aromatic amines is 1. The summed E-state index contributed by atoms with van der Waals surface area (Å²) in [5.74, 6) is 0.976. The predicted octanol–water partition coefficient (Wildman–Crippen LogP) is 6.49. The Morgan fingerprint density at radius 2 is 1.79 bits per heavy atom. The zero-order valence-corrected chi connectivity index (χ0v) is 22.8. The van der Waals surface area contributed by atoms with Crippen molar-refractivity contribution in [3.8, 4) is 11.5 Å². The molecular weight excluding hydrogens is 490 g/mol. The van der Waals surface area contributed by atoms with E-state index >= 15 is 0 Å². The number of rotatable bonds is 7. The summed E-state index contributed by atoms with van der Waals surface area (Å²) in [5, 5.41) is 1.05. The molecule has 3 aromatic carbocycles. The molecule has 4 aromatic rings. The molecule has 2 aliphatic heterocycles. The van der Waals surface area contributed by atoms with Gasteiger partial charge in [0.05, 0.1) is 24.6 Å². The molecule has 6 rings (SSSR count). The number of carbonyl (C=O) groups excluding carboxylic acids is 2. The highest BCUT2D eigenvalue weighted by Gasteiger charge is 2.60. The number of fused-ring (bicyclic) bond motifs is 5. The second-order valence-electron chi connectivity index (χ2n) is 10.4. The average Bonchev–Trinajstić information content (AvgIpc) is 3.42. The summed E-state index contributed by atoms with van der Waals surface area (Å²) in [6, 6.07) is 21.3. The molecule has 0 radical (unpaired) electrons. The Bertz CT molecular complexity index is 1590. The quantitative estimate of drug-likeness (QED) is 0.281. The van der Waals surface area contributed by atoms with Gasteiger partial charge in [0.1, 0.15) is 0 Å². The standard InChI is InChI=1S/C32H33N3O4/c1-5-16-39-26-15-14-21(18-27(26)38-6-2)24-19-34-31(37)35(22-11-9-10-20(3)17-22)30(36)32(34,4)29-28(24)23-12-7-8-13-25(23)33-29/h7-15,17-18,24,33H,5-6,16,19H2,1-4H3. The molecular formula is C32H33N3O4. The second kappa shape index (κ2) is 9.49. The Kier molecular flexibility index (Phi) is 6.09. The summed E-state index contributed by atoms with van der Waals surface area (Å²) in [6.07, 6.45) is 0.899. The van der Waals surface area contributed by atoms with E-state index in [0.29, 0.717) is 36.9 Å². The SMILES string of the molecule is CCCOc1ccc(C2CN3C(=O)N(c4cccc(C)c4)C(=O)C3(C)c3[nH]c4ccccc4c32)cc1OCC. The van der Waals surface area contributed by atoms with Crippen LogP contribution in [-0.4, -0.2) is 41.6 Å². The number of aryl methyl sites for hydroxylation is 1. The number of anilines is 1. The number of nitrogens with zero attached hydrogens (tertiary/aromatic N) is 2. The summed E-state index contributed by atoms with van der Waals surface area (Å²) >= 11 is 0. The van der Waals surface area contributed by atoms with Gasteiger partial charge in [-0.15, -0.1) is 0 Å². The molecule has 7 heteroatoms. The van der Waals surface area contributed by atoms with Crippen molar-refractivity contribution in [2.45, 2.75) is 45.6 Å². The summed E-state index contributed by atoms with van der Waals surface area (Å²) in [7, 11) is 0. The number of ether oxygens (including phenoxy) is 2. The van der Waals surface area contributed by atoms with E-state index in [-0.39, 0.29) is 17.9 Å². The van der Waals surface area contributed by atoms with Gasteiger partial charge >= 0.3 is 6.03 Å². The van der Waals surface area contributed by atoms with Crippen molar-refractivity contribution in [1.82, 2.24) is 9.88 Å². The van der Waals surface area contributed by atoms with Crippen molar-refractivity contribution in [1.29, 1.82) is 0 Å². The van der Waals surface area contributed by atoms with E-state index < -0.39 is 5.54 Å². The van der Waals surface area contributed by atoms with Crippen molar-refractivity contribution in [3.63, 3.8) is 0 Å². The number of benzene rings is 3. The fraction of sp³-hybridized carbons (Fsp3) is 0.312. The monoisotopic (exact) mass is 523 g/mol. The molecule has 1 fully saturated rings. The summed E-state index contributed by atoms with van der Waals surface area (Å²) in [6.45, 7) is 9.32. The number of nitrogens with one attached hydrogen (secondary N) is 1. The smallest absolute Gasteiger partial charge is 0.332 e. The lowest BCUT2D eigenvalue weighted by Gasteiger charge is -2.40. The first-order valence-electron chi connectivity index (χ1n) is 13.6. The molecule has 0 spiro atoms. The van der Waals surface area contributed by atoms with E-state index in [1.165, 1.54) is 4.90 Å². The molecule has 1 N–H and O–H groups in total. The minimum absolute atomic E-state index is 0.169. The molecule has 2 unspecified atom stereocenters. The van der Waals surface area contributed by atoms with Gasteiger partial charge in [0, 0.05) is 23.4 Å². The van der Waals surface area contributed by atoms with Crippen molar-refractivity contribution in [2.75, 3.05) is 24.7 Å². The molecule has 2 aliphatic rings. The van der Waals surface area contributed by atoms with Gasteiger partial charge in [-0.25, -0.2) is 9.69 Å². The topological polar surface area (TPSA) is 74.9 Å². The van der Waals surface area contributed by atoms with E-state index in [2.05, 4.69) is 18.0 Å². The molecule has 0 aliphatic carbocycles. The number of hydrogen-bond acceptors (Lipinski definition) is 4. The lowest BCUT2D eigenvalue weighted by Crippen LogP contribution is -2.50. The largest absolute Gasteiger partial charge is 0.490 e. The minimum Gasteiger partial charge on any atom is -0.490 e. The third kappa shape index (κ3) is 3.79. The highest BCUT2D eigenvalue weighted by molar-refractivity contribution is 6.23. The number of amides is 3. The Balaban J connectivity index is 1.52.